The van der Waals surface area contributed by atoms with Crippen molar-refractivity contribution in [1.29, 1.82) is 0 Å². The smallest absolute Gasteiger partial charge is 0.254 e. The van der Waals surface area contributed by atoms with E-state index < -0.39 is 12.7 Å². The van der Waals surface area contributed by atoms with Gasteiger partial charge in [-0.05, 0) is 36.2 Å². The number of carbonyl (C=O) groups is 1. The minimum absolute atomic E-state index is 0.122. The van der Waals surface area contributed by atoms with Gasteiger partial charge in [-0.25, -0.2) is 9.37 Å². The van der Waals surface area contributed by atoms with Gasteiger partial charge in [-0.1, -0.05) is 23.4 Å². The van der Waals surface area contributed by atoms with E-state index in [1.807, 2.05) is 31.3 Å². The molecular formula is C26H25FN6O2. The number of rotatable bonds is 6. The molecule has 1 aliphatic rings. The van der Waals surface area contributed by atoms with E-state index >= 15 is 0 Å². The van der Waals surface area contributed by atoms with Crippen LogP contribution < -0.4 is 5.73 Å². The SMILES string of the molecule is Cn1c(-c2cc3ccccc3n2Cc2ccno2)nc2cc3c(cc21)CCN(CC(N)CF)C3=O. The molecule has 9 heteroatoms. The fourth-order valence-electron chi connectivity index (χ4n) is 5.00. The Kier molecular flexibility index (Phi) is 5.14. The van der Waals surface area contributed by atoms with Gasteiger partial charge < -0.3 is 24.3 Å². The van der Waals surface area contributed by atoms with E-state index in [0.717, 1.165) is 44.8 Å². The molecule has 6 rings (SSSR count). The lowest BCUT2D eigenvalue weighted by molar-refractivity contribution is 0.0725. The van der Waals surface area contributed by atoms with Crippen LogP contribution in [0, 0.1) is 0 Å². The van der Waals surface area contributed by atoms with E-state index in [0.29, 0.717) is 25.1 Å². The number of carbonyl (C=O) groups excluding carboxylic acids is 1. The van der Waals surface area contributed by atoms with Crippen LogP contribution in [0.2, 0.25) is 0 Å². The van der Waals surface area contributed by atoms with Crippen molar-refractivity contribution < 1.29 is 13.7 Å². The zero-order valence-electron chi connectivity index (χ0n) is 19.3. The molecular weight excluding hydrogens is 447 g/mol. The number of alkyl halides is 1. The lowest BCUT2D eigenvalue weighted by atomic mass is 9.97. The topological polar surface area (TPSA) is 95.1 Å². The van der Waals surface area contributed by atoms with Gasteiger partial charge in [0.1, 0.15) is 6.67 Å². The van der Waals surface area contributed by atoms with Gasteiger partial charge in [-0.15, -0.1) is 0 Å². The molecule has 0 saturated heterocycles. The fraction of sp³-hybridized carbons (Fsp3) is 0.269. The largest absolute Gasteiger partial charge is 0.359 e. The highest BCUT2D eigenvalue weighted by atomic mass is 19.1. The molecule has 2 aromatic carbocycles. The van der Waals surface area contributed by atoms with Crippen LogP contribution in [-0.2, 0) is 20.0 Å². The van der Waals surface area contributed by atoms with Gasteiger partial charge >= 0.3 is 0 Å². The van der Waals surface area contributed by atoms with Crippen LogP contribution in [0.1, 0.15) is 21.7 Å². The lowest BCUT2D eigenvalue weighted by Gasteiger charge is -2.30. The van der Waals surface area contributed by atoms with E-state index in [2.05, 4.69) is 38.6 Å². The molecule has 0 fully saturated rings. The first-order valence-corrected chi connectivity index (χ1v) is 11.6. The second-order valence-electron chi connectivity index (χ2n) is 9.06. The molecule has 35 heavy (non-hydrogen) atoms. The van der Waals surface area contributed by atoms with Crippen LogP contribution in [0.4, 0.5) is 4.39 Å². The number of hydrogen-bond acceptors (Lipinski definition) is 5. The quantitative estimate of drug-likeness (QED) is 0.408. The summed E-state index contributed by atoms with van der Waals surface area (Å²) < 4.78 is 22.5. The van der Waals surface area contributed by atoms with Crippen molar-refractivity contribution in [3.05, 3.63) is 71.6 Å². The number of aromatic nitrogens is 4. The van der Waals surface area contributed by atoms with Gasteiger partial charge in [-0.2, -0.15) is 0 Å². The maximum Gasteiger partial charge on any atom is 0.254 e. The van der Waals surface area contributed by atoms with Crippen molar-refractivity contribution >= 4 is 27.8 Å². The third-order valence-electron chi connectivity index (χ3n) is 6.77. The highest BCUT2D eigenvalue weighted by Gasteiger charge is 2.27. The van der Waals surface area contributed by atoms with Crippen molar-refractivity contribution in [2.24, 2.45) is 12.8 Å². The second-order valence-corrected chi connectivity index (χ2v) is 9.06. The molecule has 2 N–H and O–H groups in total. The van der Waals surface area contributed by atoms with Gasteiger partial charge in [0.25, 0.3) is 5.91 Å². The number of para-hydroxylation sites is 1. The third kappa shape index (κ3) is 3.59. The highest BCUT2D eigenvalue weighted by molar-refractivity contribution is 6.00. The van der Waals surface area contributed by atoms with Crippen molar-refractivity contribution in [3.8, 4) is 11.5 Å². The zero-order chi connectivity index (χ0) is 24.1. The summed E-state index contributed by atoms with van der Waals surface area (Å²) >= 11 is 0. The predicted octanol–water partition coefficient (Wildman–Crippen LogP) is 3.53. The van der Waals surface area contributed by atoms with Crippen LogP contribution in [0.15, 0.2) is 59.3 Å². The van der Waals surface area contributed by atoms with Crippen LogP contribution in [-0.4, -0.2) is 55.9 Å². The van der Waals surface area contributed by atoms with Gasteiger partial charge in [-0.3, -0.25) is 4.79 Å². The molecule has 8 nitrogen and oxygen atoms in total. The Balaban J connectivity index is 1.46. The van der Waals surface area contributed by atoms with Crippen molar-refractivity contribution in [2.45, 2.75) is 19.0 Å². The number of aryl methyl sites for hydroxylation is 1. The predicted molar refractivity (Wildman–Crippen MR) is 131 cm³/mol. The van der Waals surface area contributed by atoms with Gasteiger partial charge in [0.15, 0.2) is 11.6 Å². The minimum Gasteiger partial charge on any atom is -0.359 e. The number of nitrogens with zero attached hydrogens (tertiary/aromatic N) is 5. The van der Waals surface area contributed by atoms with E-state index in [1.54, 1.807) is 11.1 Å². The molecule has 1 aliphatic heterocycles. The number of hydrogen-bond donors (Lipinski definition) is 1. The highest BCUT2D eigenvalue weighted by Crippen LogP contribution is 2.32. The first-order chi connectivity index (χ1) is 17.0. The van der Waals surface area contributed by atoms with E-state index in [1.165, 1.54) is 0 Å². The Morgan fingerprint density at radius 2 is 2.03 bits per heavy atom. The molecule has 5 aromatic rings. The lowest BCUT2D eigenvalue weighted by Crippen LogP contribution is -2.45. The summed E-state index contributed by atoms with van der Waals surface area (Å²) in [5.74, 6) is 1.42. The maximum atomic E-state index is 13.1. The molecule has 4 heterocycles. The van der Waals surface area contributed by atoms with Gasteiger partial charge in [0.2, 0.25) is 0 Å². The number of imidazole rings is 1. The molecule has 0 aliphatic carbocycles. The third-order valence-corrected chi connectivity index (χ3v) is 6.77. The average molecular weight is 473 g/mol. The Hall–Kier alpha value is -3.98. The number of fused-ring (bicyclic) bond motifs is 3. The zero-order valence-corrected chi connectivity index (χ0v) is 19.3. The molecule has 1 unspecified atom stereocenters. The number of halogens is 1. The molecule has 3 aromatic heterocycles. The summed E-state index contributed by atoms with van der Waals surface area (Å²) in [6.45, 7) is 0.607. The van der Waals surface area contributed by atoms with E-state index in [4.69, 9.17) is 15.2 Å². The second kappa shape index (κ2) is 8.35. The molecule has 0 spiro atoms. The molecule has 0 saturated carbocycles. The summed E-state index contributed by atoms with van der Waals surface area (Å²) in [6.07, 6.45) is 2.34. The van der Waals surface area contributed by atoms with Crippen LogP contribution >= 0.6 is 0 Å². The summed E-state index contributed by atoms with van der Waals surface area (Å²) in [4.78, 5) is 19.7. The fourth-order valence-corrected chi connectivity index (χ4v) is 5.00. The Morgan fingerprint density at radius 1 is 1.17 bits per heavy atom. The van der Waals surface area contributed by atoms with Crippen LogP contribution in [0.3, 0.4) is 0 Å². The first kappa shape index (κ1) is 21.5. The minimum atomic E-state index is -0.669. The van der Waals surface area contributed by atoms with E-state index in [-0.39, 0.29) is 12.5 Å². The Bertz CT molecular complexity index is 1550. The maximum absolute atomic E-state index is 13.1. The summed E-state index contributed by atoms with van der Waals surface area (Å²) in [7, 11) is 1.99. The molecule has 0 bridgehead atoms. The van der Waals surface area contributed by atoms with Crippen LogP contribution in [0.5, 0.6) is 0 Å². The van der Waals surface area contributed by atoms with Gasteiger partial charge in [0, 0.05) is 42.7 Å². The molecule has 0 radical (unpaired) electrons. The van der Waals surface area contributed by atoms with Gasteiger partial charge in [0.05, 0.1) is 35.5 Å². The van der Waals surface area contributed by atoms with E-state index in [9.17, 15) is 9.18 Å². The van der Waals surface area contributed by atoms with Crippen molar-refractivity contribution in [2.75, 3.05) is 19.8 Å². The van der Waals surface area contributed by atoms with Crippen molar-refractivity contribution in [1.82, 2.24) is 24.2 Å². The standard InChI is InChI=1S/C26H25FN6O2/c1-31-23-10-16-7-9-32(14-18(28)13-27)26(34)20(16)12-21(23)30-25(31)24-11-17-4-2-3-5-22(17)33(24)15-19-6-8-29-35-19/h2-6,8,10-12,18H,7,9,13-15,28H2,1H3. The summed E-state index contributed by atoms with van der Waals surface area (Å²) in [5.41, 5.74) is 11.1. The Labute approximate surface area is 200 Å². The van der Waals surface area contributed by atoms with Crippen LogP contribution in [0.25, 0.3) is 33.5 Å². The monoisotopic (exact) mass is 472 g/mol. The Morgan fingerprint density at radius 3 is 2.83 bits per heavy atom. The normalized spacial score (nSPS) is 14.7. The average Bonchev–Trinajstić information content (AvgIpc) is 3.59. The number of nitrogens with two attached hydrogens (primary N) is 1. The number of benzene rings is 2. The molecule has 178 valence electrons. The first-order valence-electron chi connectivity index (χ1n) is 11.6. The number of amides is 1. The summed E-state index contributed by atoms with van der Waals surface area (Å²) in [5, 5.41) is 4.94. The molecule has 1 atom stereocenters. The summed E-state index contributed by atoms with van der Waals surface area (Å²) in [6, 6.07) is 15.4. The molecule has 1 amide bonds. The van der Waals surface area contributed by atoms with Crippen molar-refractivity contribution in [3.63, 3.8) is 0 Å².